The lowest BCUT2D eigenvalue weighted by molar-refractivity contribution is -0.157. The highest BCUT2D eigenvalue weighted by atomic mass is 16.6. The van der Waals surface area contributed by atoms with E-state index in [4.69, 9.17) is 4.74 Å². The molecule has 0 spiro atoms. The van der Waals surface area contributed by atoms with Crippen LogP contribution in [0.15, 0.2) is 48.5 Å². The van der Waals surface area contributed by atoms with Crippen LogP contribution in [0.2, 0.25) is 0 Å². The molecule has 1 saturated carbocycles. The maximum Gasteiger partial charge on any atom is 0.307 e. The van der Waals surface area contributed by atoms with Crippen molar-refractivity contribution in [3.8, 4) is 0 Å². The smallest absolute Gasteiger partial charge is 0.307 e. The maximum absolute atomic E-state index is 13.1. The molecule has 6 nitrogen and oxygen atoms in total. The molecular weight excluding hydrogens is 382 g/mol. The maximum atomic E-state index is 13.1. The lowest BCUT2D eigenvalue weighted by atomic mass is 10.0. The quantitative estimate of drug-likeness (QED) is 0.578. The molecule has 0 unspecified atom stereocenters. The van der Waals surface area contributed by atoms with Crippen molar-refractivity contribution in [2.45, 2.75) is 38.3 Å². The molecule has 0 N–H and O–H groups in total. The van der Waals surface area contributed by atoms with Crippen molar-refractivity contribution in [1.29, 1.82) is 0 Å². The van der Waals surface area contributed by atoms with Crippen molar-refractivity contribution in [2.75, 3.05) is 4.90 Å². The van der Waals surface area contributed by atoms with E-state index in [-0.39, 0.29) is 43.2 Å². The van der Waals surface area contributed by atoms with E-state index in [1.807, 2.05) is 60.7 Å². The molecule has 1 heterocycles. The Balaban J connectivity index is 1.50. The number of nitrogens with zero attached hydrogens (tertiary/aromatic N) is 1. The highest BCUT2D eigenvalue weighted by Crippen LogP contribution is 2.29. The minimum atomic E-state index is -1.30. The van der Waals surface area contributed by atoms with E-state index in [9.17, 15) is 19.2 Å². The van der Waals surface area contributed by atoms with Gasteiger partial charge in [-0.25, -0.2) is 0 Å². The van der Waals surface area contributed by atoms with E-state index in [1.54, 1.807) is 4.90 Å². The van der Waals surface area contributed by atoms with Crippen LogP contribution in [0.4, 0.5) is 5.69 Å². The first-order chi connectivity index (χ1) is 14.5. The van der Waals surface area contributed by atoms with Crippen molar-refractivity contribution in [3.05, 3.63) is 65.2 Å². The Bertz CT molecular complexity index is 1040. The Morgan fingerprint density at radius 1 is 0.867 bits per heavy atom. The van der Waals surface area contributed by atoms with Gasteiger partial charge in [-0.05, 0) is 22.8 Å². The zero-order valence-electron chi connectivity index (χ0n) is 16.4. The zero-order chi connectivity index (χ0) is 21.1. The topological polar surface area (TPSA) is 80.8 Å². The third kappa shape index (κ3) is 4.08. The molecule has 2 aromatic carbocycles. The number of carbonyl (C=O) groups is 4. The number of carbonyl (C=O) groups excluding carboxylic acids is 4. The van der Waals surface area contributed by atoms with Gasteiger partial charge in [0.1, 0.15) is 0 Å². The third-order valence-electron chi connectivity index (χ3n) is 5.35. The molecule has 1 amide bonds. The summed E-state index contributed by atoms with van der Waals surface area (Å²) in [4.78, 5) is 50.2. The molecule has 0 bridgehead atoms. The number of hydrogen-bond acceptors (Lipinski definition) is 5. The molecule has 2 aliphatic rings. The van der Waals surface area contributed by atoms with E-state index < -0.39 is 12.1 Å². The van der Waals surface area contributed by atoms with Crippen LogP contribution >= 0.6 is 0 Å². The fourth-order valence-electron chi connectivity index (χ4n) is 3.73. The number of hydrogen-bond donors (Lipinski definition) is 0. The summed E-state index contributed by atoms with van der Waals surface area (Å²) in [5.41, 5.74) is 3.71. The van der Waals surface area contributed by atoms with Crippen LogP contribution in [0.25, 0.3) is 12.2 Å². The molecule has 0 radical (unpaired) electrons. The number of para-hydroxylation sites is 1. The first-order valence-electron chi connectivity index (χ1n) is 9.93. The van der Waals surface area contributed by atoms with Crippen molar-refractivity contribution in [1.82, 2.24) is 0 Å². The predicted octanol–water partition coefficient (Wildman–Crippen LogP) is 3.33. The summed E-state index contributed by atoms with van der Waals surface area (Å²) < 4.78 is 5.02. The molecule has 152 valence electrons. The number of anilines is 1. The summed E-state index contributed by atoms with van der Waals surface area (Å²) in [5.74, 6) is -1.69. The number of amides is 1. The van der Waals surface area contributed by atoms with Gasteiger partial charge in [-0.2, -0.15) is 0 Å². The van der Waals surface area contributed by atoms with Crippen molar-refractivity contribution in [2.24, 2.45) is 0 Å². The Morgan fingerprint density at radius 2 is 1.50 bits per heavy atom. The number of ketones is 2. The van der Waals surface area contributed by atoms with Gasteiger partial charge in [0.25, 0.3) is 0 Å². The predicted molar refractivity (Wildman–Crippen MR) is 111 cm³/mol. The monoisotopic (exact) mass is 403 g/mol. The molecular formula is C24H21NO5. The number of fused-ring (bicyclic) bond motifs is 2. The molecule has 0 aromatic heterocycles. The average molecular weight is 403 g/mol. The van der Waals surface area contributed by atoms with E-state index in [0.29, 0.717) is 6.54 Å². The van der Waals surface area contributed by atoms with E-state index >= 15 is 0 Å². The molecule has 1 fully saturated rings. The normalized spacial score (nSPS) is 17.0. The van der Waals surface area contributed by atoms with Crippen LogP contribution in [0.3, 0.4) is 0 Å². The third-order valence-corrected chi connectivity index (χ3v) is 5.35. The second-order valence-corrected chi connectivity index (χ2v) is 7.37. The van der Waals surface area contributed by atoms with Gasteiger partial charge in [0.2, 0.25) is 12.0 Å². The Kier molecular flexibility index (Phi) is 5.57. The summed E-state index contributed by atoms with van der Waals surface area (Å²) in [7, 11) is 0. The Hall–Kier alpha value is -3.54. The van der Waals surface area contributed by atoms with E-state index in [2.05, 4.69) is 0 Å². The van der Waals surface area contributed by atoms with Crippen LogP contribution in [-0.4, -0.2) is 29.5 Å². The number of benzene rings is 2. The molecule has 4 rings (SSSR count). The standard InChI is InChI=1S/C24H21NO5/c26-20-11-12-21(27)24(20)30-23(29)14-13-22(28)25-15-18-7-2-1-5-16(18)9-10-17-6-3-4-8-19(17)25/h1-10,24H,11-15H2/b10-9-. The van der Waals surface area contributed by atoms with Gasteiger partial charge in [0.05, 0.1) is 18.7 Å². The van der Waals surface area contributed by atoms with Gasteiger partial charge >= 0.3 is 5.97 Å². The summed E-state index contributed by atoms with van der Waals surface area (Å²) in [6.07, 6.45) is 2.65. The Labute approximate surface area is 174 Å². The van der Waals surface area contributed by atoms with E-state index in [1.165, 1.54) is 0 Å². The molecule has 1 aliphatic carbocycles. The van der Waals surface area contributed by atoms with Crippen LogP contribution in [-0.2, 0) is 30.5 Å². The molecule has 0 atom stereocenters. The van der Waals surface area contributed by atoms with E-state index in [0.717, 1.165) is 22.4 Å². The fourth-order valence-corrected chi connectivity index (χ4v) is 3.73. The van der Waals surface area contributed by atoms with Gasteiger partial charge in [0, 0.05) is 19.3 Å². The minimum absolute atomic E-state index is 0.0752. The van der Waals surface area contributed by atoms with Gasteiger partial charge in [0.15, 0.2) is 11.6 Å². The molecule has 2 aromatic rings. The van der Waals surface area contributed by atoms with Gasteiger partial charge in [-0.1, -0.05) is 54.6 Å². The highest BCUT2D eigenvalue weighted by Gasteiger charge is 2.36. The van der Waals surface area contributed by atoms with Crippen LogP contribution < -0.4 is 4.90 Å². The summed E-state index contributed by atoms with van der Waals surface area (Å²) >= 11 is 0. The molecule has 0 saturated heterocycles. The van der Waals surface area contributed by atoms with Gasteiger partial charge in [-0.3, -0.25) is 19.2 Å². The molecule has 6 heteroatoms. The van der Waals surface area contributed by atoms with Crippen LogP contribution in [0, 0.1) is 0 Å². The molecule has 30 heavy (non-hydrogen) atoms. The fraction of sp³-hybridized carbons (Fsp3) is 0.250. The summed E-state index contributed by atoms with van der Waals surface area (Å²) in [6.45, 7) is 0.380. The van der Waals surface area contributed by atoms with Crippen LogP contribution in [0.1, 0.15) is 42.4 Å². The number of esters is 1. The SMILES string of the molecule is O=C(CCC(=O)N1Cc2ccccc2/C=C\c2ccccc21)OC1C(=O)CCC1=O. The van der Waals surface area contributed by atoms with Crippen molar-refractivity contribution >= 4 is 41.3 Å². The largest absolute Gasteiger partial charge is 0.446 e. The number of ether oxygens (including phenoxy) is 1. The van der Waals surface area contributed by atoms with Gasteiger partial charge in [-0.15, -0.1) is 0 Å². The summed E-state index contributed by atoms with van der Waals surface area (Å²) in [6, 6.07) is 15.4. The number of Topliss-reactive ketones (excluding diaryl/α,β-unsaturated/α-hetero) is 2. The number of rotatable bonds is 4. The van der Waals surface area contributed by atoms with Crippen molar-refractivity contribution in [3.63, 3.8) is 0 Å². The second kappa shape index (κ2) is 8.45. The summed E-state index contributed by atoms with van der Waals surface area (Å²) in [5, 5.41) is 0. The lowest BCUT2D eigenvalue weighted by Crippen LogP contribution is -2.33. The minimum Gasteiger partial charge on any atom is -0.446 e. The van der Waals surface area contributed by atoms with Gasteiger partial charge < -0.3 is 9.64 Å². The van der Waals surface area contributed by atoms with Crippen LogP contribution in [0.5, 0.6) is 0 Å². The first-order valence-corrected chi connectivity index (χ1v) is 9.93. The average Bonchev–Trinajstić information content (AvgIpc) is 3.05. The molecule has 1 aliphatic heterocycles. The lowest BCUT2D eigenvalue weighted by Gasteiger charge is -2.27. The Morgan fingerprint density at radius 3 is 2.27 bits per heavy atom. The second-order valence-electron chi connectivity index (χ2n) is 7.37. The zero-order valence-corrected chi connectivity index (χ0v) is 16.4. The highest BCUT2D eigenvalue weighted by molar-refractivity contribution is 6.12. The van der Waals surface area contributed by atoms with Crippen molar-refractivity contribution < 1.29 is 23.9 Å². The first kappa shape index (κ1) is 19.8.